The summed E-state index contributed by atoms with van der Waals surface area (Å²) in [6, 6.07) is 3.75. The van der Waals surface area contributed by atoms with Crippen LogP contribution in [-0.2, 0) is 16.1 Å². The zero-order chi connectivity index (χ0) is 12.0. The van der Waals surface area contributed by atoms with Crippen molar-refractivity contribution in [2.24, 2.45) is 0 Å². The van der Waals surface area contributed by atoms with E-state index in [1.807, 2.05) is 12.1 Å². The van der Waals surface area contributed by atoms with E-state index in [9.17, 15) is 9.90 Å². The molecule has 1 atom stereocenters. The molecular weight excluding hydrogens is 250 g/mol. The molecule has 6 heteroatoms. The fourth-order valence-corrected chi connectivity index (χ4v) is 2.21. The molecule has 1 rings (SSSR count). The third-order valence-electron chi connectivity index (χ3n) is 1.94. The molecule has 1 heterocycles. The van der Waals surface area contributed by atoms with Gasteiger partial charge in [-0.15, -0.1) is 11.3 Å². The standard InChI is InChI=1S/C10H14ClNO3S/c1-15-10(14)4-7(13)5-12-6-8-2-3-9(11)16-8/h2-3,7,12-13H,4-6H2,1H3. The van der Waals surface area contributed by atoms with Crippen LogP contribution in [0.25, 0.3) is 0 Å². The van der Waals surface area contributed by atoms with Crippen LogP contribution in [-0.4, -0.2) is 30.8 Å². The second-order valence-corrected chi connectivity index (χ2v) is 5.07. The zero-order valence-electron chi connectivity index (χ0n) is 8.90. The summed E-state index contributed by atoms with van der Waals surface area (Å²) in [5, 5.41) is 12.5. The van der Waals surface area contributed by atoms with Crippen LogP contribution in [0.5, 0.6) is 0 Å². The van der Waals surface area contributed by atoms with Gasteiger partial charge >= 0.3 is 5.97 Å². The number of ether oxygens (including phenoxy) is 1. The highest BCUT2D eigenvalue weighted by Crippen LogP contribution is 2.20. The molecular formula is C10H14ClNO3S. The normalized spacial score (nSPS) is 12.4. The third kappa shape index (κ3) is 4.94. The first-order valence-corrected chi connectivity index (χ1v) is 6.01. The predicted molar refractivity (Wildman–Crippen MR) is 63.7 cm³/mol. The van der Waals surface area contributed by atoms with Crippen molar-refractivity contribution in [3.05, 3.63) is 21.3 Å². The second-order valence-electron chi connectivity index (χ2n) is 3.27. The number of esters is 1. The van der Waals surface area contributed by atoms with E-state index >= 15 is 0 Å². The maximum atomic E-state index is 10.8. The zero-order valence-corrected chi connectivity index (χ0v) is 10.5. The van der Waals surface area contributed by atoms with Crippen LogP contribution in [0.4, 0.5) is 0 Å². The van der Waals surface area contributed by atoms with Crippen LogP contribution in [0.3, 0.4) is 0 Å². The van der Waals surface area contributed by atoms with Gasteiger partial charge in [0, 0.05) is 18.0 Å². The Kier molecular flexibility index (Phi) is 5.76. The van der Waals surface area contributed by atoms with E-state index < -0.39 is 12.1 Å². The number of rotatable bonds is 6. The van der Waals surface area contributed by atoms with Crippen molar-refractivity contribution >= 4 is 28.9 Å². The Hall–Kier alpha value is -0.620. The van der Waals surface area contributed by atoms with Crippen LogP contribution in [0.1, 0.15) is 11.3 Å². The summed E-state index contributed by atoms with van der Waals surface area (Å²) in [5.41, 5.74) is 0. The number of hydrogen-bond donors (Lipinski definition) is 2. The van der Waals surface area contributed by atoms with Crippen LogP contribution in [0, 0.1) is 0 Å². The minimum atomic E-state index is -0.720. The molecule has 4 nitrogen and oxygen atoms in total. The summed E-state index contributed by atoms with van der Waals surface area (Å²) < 4.78 is 5.19. The highest BCUT2D eigenvalue weighted by atomic mass is 35.5. The van der Waals surface area contributed by atoms with Crippen molar-refractivity contribution in [2.75, 3.05) is 13.7 Å². The lowest BCUT2D eigenvalue weighted by Gasteiger charge is -2.09. The summed E-state index contributed by atoms with van der Waals surface area (Å²) in [4.78, 5) is 11.9. The lowest BCUT2D eigenvalue weighted by atomic mass is 10.2. The van der Waals surface area contributed by atoms with Gasteiger partial charge in [0.15, 0.2) is 0 Å². The Balaban J connectivity index is 2.17. The van der Waals surface area contributed by atoms with Crippen molar-refractivity contribution in [3.8, 4) is 0 Å². The topological polar surface area (TPSA) is 58.6 Å². The van der Waals surface area contributed by atoms with Gasteiger partial charge in [0.2, 0.25) is 0 Å². The van der Waals surface area contributed by atoms with E-state index in [1.165, 1.54) is 18.4 Å². The van der Waals surface area contributed by atoms with Crippen molar-refractivity contribution < 1.29 is 14.6 Å². The Morgan fingerprint density at radius 3 is 3.00 bits per heavy atom. The first kappa shape index (κ1) is 13.4. The summed E-state index contributed by atoms with van der Waals surface area (Å²) in [6.45, 7) is 0.986. The third-order valence-corrected chi connectivity index (χ3v) is 3.17. The largest absolute Gasteiger partial charge is 0.469 e. The molecule has 0 fully saturated rings. The Morgan fingerprint density at radius 2 is 2.44 bits per heavy atom. The molecule has 16 heavy (non-hydrogen) atoms. The Morgan fingerprint density at radius 1 is 1.69 bits per heavy atom. The van der Waals surface area contributed by atoms with E-state index in [4.69, 9.17) is 11.6 Å². The minimum Gasteiger partial charge on any atom is -0.469 e. The number of aliphatic hydroxyl groups excluding tert-OH is 1. The molecule has 90 valence electrons. The highest BCUT2D eigenvalue weighted by Gasteiger charge is 2.10. The summed E-state index contributed by atoms with van der Waals surface area (Å²) >= 11 is 7.26. The average molecular weight is 264 g/mol. The van der Waals surface area contributed by atoms with Crippen LogP contribution in [0.2, 0.25) is 4.34 Å². The quantitative estimate of drug-likeness (QED) is 0.762. The van der Waals surface area contributed by atoms with E-state index in [-0.39, 0.29) is 6.42 Å². The van der Waals surface area contributed by atoms with Gasteiger partial charge in [-0.2, -0.15) is 0 Å². The number of carbonyl (C=O) groups is 1. The van der Waals surface area contributed by atoms with Gasteiger partial charge in [-0.05, 0) is 12.1 Å². The molecule has 0 aliphatic heterocycles. The summed E-state index contributed by atoms with van der Waals surface area (Å²) in [6.07, 6.45) is -0.711. The molecule has 0 aliphatic carbocycles. The highest BCUT2D eigenvalue weighted by molar-refractivity contribution is 7.16. The smallest absolute Gasteiger partial charge is 0.308 e. The fraction of sp³-hybridized carbons (Fsp3) is 0.500. The Bertz CT molecular complexity index is 343. The first-order chi connectivity index (χ1) is 7.61. The fourth-order valence-electron chi connectivity index (χ4n) is 1.16. The Labute approximate surface area is 103 Å². The maximum Gasteiger partial charge on any atom is 0.308 e. The summed E-state index contributed by atoms with van der Waals surface area (Å²) in [5.74, 6) is -0.409. The number of methoxy groups -OCH3 is 1. The molecule has 0 saturated heterocycles. The number of aliphatic hydroxyl groups is 1. The number of nitrogens with one attached hydrogen (secondary N) is 1. The van der Waals surface area contributed by atoms with E-state index in [1.54, 1.807) is 0 Å². The molecule has 0 radical (unpaired) electrons. The number of halogens is 1. The molecule has 2 N–H and O–H groups in total. The van der Waals surface area contributed by atoms with E-state index in [0.717, 1.165) is 9.21 Å². The molecule has 1 aromatic heterocycles. The average Bonchev–Trinajstić information content (AvgIpc) is 2.64. The minimum absolute atomic E-state index is 0.00863. The van der Waals surface area contributed by atoms with Gasteiger partial charge in [-0.3, -0.25) is 4.79 Å². The van der Waals surface area contributed by atoms with Crippen LogP contribution in [0.15, 0.2) is 12.1 Å². The molecule has 0 amide bonds. The van der Waals surface area contributed by atoms with E-state index in [2.05, 4.69) is 10.1 Å². The lowest BCUT2D eigenvalue weighted by molar-refractivity contribution is -0.142. The van der Waals surface area contributed by atoms with Crippen molar-refractivity contribution in [1.29, 1.82) is 0 Å². The molecule has 1 unspecified atom stereocenters. The monoisotopic (exact) mass is 263 g/mol. The van der Waals surface area contributed by atoms with Crippen molar-refractivity contribution in [3.63, 3.8) is 0 Å². The summed E-state index contributed by atoms with van der Waals surface area (Å²) in [7, 11) is 1.30. The second kappa shape index (κ2) is 6.85. The number of thiophene rings is 1. The number of hydrogen-bond acceptors (Lipinski definition) is 5. The first-order valence-electron chi connectivity index (χ1n) is 4.81. The van der Waals surface area contributed by atoms with Gasteiger partial charge in [-0.1, -0.05) is 11.6 Å². The molecule has 0 aromatic carbocycles. The van der Waals surface area contributed by atoms with Crippen molar-refractivity contribution in [2.45, 2.75) is 19.1 Å². The van der Waals surface area contributed by atoms with Crippen LogP contribution < -0.4 is 5.32 Å². The van der Waals surface area contributed by atoms with Gasteiger partial charge in [0.25, 0.3) is 0 Å². The van der Waals surface area contributed by atoms with Gasteiger partial charge < -0.3 is 15.2 Å². The maximum absolute atomic E-state index is 10.8. The molecule has 1 aromatic rings. The van der Waals surface area contributed by atoms with Gasteiger partial charge in [-0.25, -0.2) is 0 Å². The van der Waals surface area contributed by atoms with Gasteiger partial charge in [0.05, 0.1) is 24.0 Å². The number of carbonyl (C=O) groups excluding carboxylic acids is 1. The predicted octanol–water partition coefficient (Wildman–Crippen LogP) is 1.42. The molecule has 0 saturated carbocycles. The molecule has 0 aliphatic rings. The molecule has 0 spiro atoms. The lowest BCUT2D eigenvalue weighted by Crippen LogP contribution is -2.28. The van der Waals surface area contributed by atoms with Gasteiger partial charge in [0.1, 0.15) is 0 Å². The van der Waals surface area contributed by atoms with Crippen molar-refractivity contribution in [1.82, 2.24) is 5.32 Å². The SMILES string of the molecule is COC(=O)CC(O)CNCc1ccc(Cl)s1. The molecule has 0 bridgehead atoms. The van der Waals surface area contributed by atoms with E-state index in [0.29, 0.717) is 13.1 Å². The van der Waals surface area contributed by atoms with Crippen LogP contribution >= 0.6 is 22.9 Å².